The summed E-state index contributed by atoms with van der Waals surface area (Å²) in [6.45, 7) is 0.467. The van der Waals surface area contributed by atoms with Crippen molar-refractivity contribution in [3.63, 3.8) is 0 Å². The molecular weight excluding hydrogens is 284 g/mol. The van der Waals surface area contributed by atoms with Gasteiger partial charge in [-0.2, -0.15) is 0 Å². The standard InChI is InChI=1S/C12H11F2N5S/c1-18-6-15-17-10(18)2-3-19-9-5-7(13)4-8(14)11(9)16-12(19)20/h4-6H,2-3H2,1H3,(H,16,20). The number of halogens is 2. The topological polar surface area (TPSA) is 51.4 Å². The van der Waals surface area contributed by atoms with E-state index in [1.54, 1.807) is 15.5 Å². The van der Waals surface area contributed by atoms with E-state index >= 15 is 0 Å². The van der Waals surface area contributed by atoms with Crippen LogP contribution in [0.1, 0.15) is 5.82 Å². The van der Waals surface area contributed by atoms with Crippen molar-refractivity contribution >= 4 is 23.3 Å². The molecular formula is C12H11F2N5S. The van der Waals surface area contributed by atoms with Gasteiger partial charge in [0.1, 0.15) is 23.5 Å². The normalized spacial score (nSPS) is 11.3. The SMILES string of the molecule is Cn1cnnc1CCn1c(=S)[nH]c2c(F)cc(F)cc21. The smallest absolute Gasteiger partial charge is 0.178 e. The van der Waals surface area contributed by atoms with Crippen LogP contribution in [0, 0.1) is 16.4 Å². The molecule has 0 atom stereocenters. The molecule has 2 heterocycles. The maximum atomic E-state index is 13.7. The average Bonchev–Trinajstić information content (AvgIpc) is 2.91. The van der Waals surface area contributed by atoms with Crippen LogP contribution in [0.4, 0.5) is 8.78 Å². The molecule has 3 rings (SSSR count). The predicted molar refractivity (Wildman–Crippen MR) is 71.7 cm³/mol. The molecule has 0 unspecified atom stereocenters. The monoisotopic (exact) mass is 295 g/mol. The van der Waals surface area contributed by atoms with Gasteiger partial charge < -0.3 is 14.1 Å². The zero-order chi connectivity index (χ0) is 14.3. The molecule has 0 aliphatic rings. The fraction of sp³-hybridized carbons (Fsp3) is 0.250. The molecule has 0 amide bonds. The quantitative estimate of drug-likeness (QED) is 0.755. The van der Waals surface area contributed by atoms with Gasteiger partial charge in [-0.15, -0.1) is 10.2 Å². The summed E-state index contributed by atoms with van der Waals surface area (Å²) in [5.74, 6) is -0.502. The molecule has 0 radical (unpaired) electrons. The summed E-state index contributed by atoms with van der Waals surface area (Å²) in [6, 6.07) is 2.10. The van der Waals surface area contributed by atoms with Crippen LogP contribution in [0.3, 0.4) is 0 Å². The number of rotatable bonds is 3. The highest BCUT2D eigenvalue weighted by Crippen LogP contribution is 2.19. The summed E-state index contributed by atoms with van der Waals surface area (Å²) in [7, 11) is 1.84. The average molecular weight is 295 g/mol. The van der Waals surface area contributed by atoms with Crippen molar-refractivity contribution in [3.8, 4) is 0 Å². The molecule has 0 aliphatic carbocycles. The third kappa shape index (κ3) is 2.11. The van der Waals surface area contributed by atoms with Gasteiger partial charge in [0.05, 0.1) is 5.52 Å². The number of benzene rings is 1. The molecule has 5 nitrogen and oxygen atoms in total. The van der Waals surface area contributed by atoms with E-state index in [-0.39, 0.29) is 5.52 Å². The fourth-order valence-corrected chi connectivity index (χ4v) is 2.44. The summed E-state index contributed by atoms with van der Waals surface area (Å²) in [4.78, 5) is 2.76. The van der Waals surface area contributed by atoms with E-state index in [1.807, 2.05) is 7.05 Å². The Hall–Kier alpha value is -2.09. The second-order valence-electron chi connectivity index (χ2n) is 4.47. The number of aromatic amines is 1. The zero-order valence-corrected chi connectivity index (χ0v) is 11.4. The summed E-state index contributed by atoms with van der Waals surface area (Å²) < 4.78 is 30.8. The van der Waals surface area contributed by atoms with Crippen LogP contribution >= 0.6 is 12.2 Å². The lowest BCUT2D eigenvalue weighted by Crippen LogP contribution is -2.06. The van der Waals surface area contributed by atoms with Crippen LogP contribution in [-0.2, 0) is 20.0 Å². The highest BCUT2D eigenvalue weighted by molar-refractivity contribution is 7.71. The first-order chi connectivity index (χ1) is 9.56. The minimum atomic E-state index is -0.650. The Labute approximate surface area is 117 Å². The first kappa shape index (κ1) is 12.9. The Morgan fingerprint density at radius 1 is 1.35 bits per heavy atom. The summed E-state index contributed by atoms with van der Waals surface area (Å²) in [5, 5.41) is 7.75. The molecule has 0 saturated carbocycles. The second kappa shape index (κ2) is 4.78. The van der Waals surface area contributed by atoms with Gasteiger partial charge in [0.15, 0.2) is 10.6 Å². The van der Waals surface area contributed by atoms with Crippen molar-refractivity contribution in [2.75, 3.05) is 0 Å². The molecule has 0 aliphatic heterocycles. The second-order valence-corrected chi connectivity index (χ2v) is 4.86. The van der Waals surface area contributed by atoms with E-state index in [0.29, 0.717) is 23.3 Å². The molecule has 8 heteroatoms. The van der Waals surface area contributed by atoms with Crippen molar-refractivity contribution in [1.82, 2.24) is 24.3 Å². The first-order valence-electron chi connectivity index (χ1n) is 5.96. The summed E-state index contributed by atoms with van der Waals surface area (Å²) in [5.41, 5.74) is 0.629. The minimum absolute atomic E-state index is 0.217. The number of nitrogens with zero attached hydrogens (tertiary/aromatic N) is 4. The van der Waals surface area contributed by atoms with E-state index < -0.39 is 11.6 Å². The molecule has 1 N–H and O–H groups in total. The van der Waals surface area contributed by atoms with Crippen LogP contribution in [0.5, 0.6) is 0 Å². The third-order valence-corrected chi connectivity index (χ3v) is 3.49. The van der Waals surface area contributed by atoms with Gasteiger partial charge in [0.2, 0.25) is 0 Å². The van der Waals surface area contributed by atoms with Crippen molar-refractivity contribution in [2.45, 2.75) is 13.0 Å². The van der Waals surface area contributed by atoms with Gasteiger partial charge in [-0.1, -0.05) is 0 Å². The zero-order valence-electron chi connectivity index (χ0n) is 10.6. The third-order valence-electron chi connectivity index (χ3n) is 3.17. The number of imidazole rings is 1. The van der Waals surface area contributed by atoms with E-state index in [4.69, 9.17) is 12.2 Å². The summed E-state index contributed by atoms with van der Waals surface area (Å²) in [6.07, 6.45) is 2.17. The predicted octanol–water partition coefficient (Wildman–Crippen LogP) is 2.35. The van der Waals surface area contributed by atoms with Crippen LogP contribution < -0.4 is 0 Å². The van der Waals surface area contributed by atoms with Crippen molar-refractivity contribution in [2.24, 2.45) is 7.05 Å². The van der Waals surface area contributed by atoms with Crippen molar-refractivity contribution < 1.29 is 8.78 Å². The molecule has 0 saturated heterocycles. The lowest BCUT2D eigenvalue weighted by molar-refractivity contribution is 0.589. The number of nitrogens with one attached hydrogen (secondary N) is 1. The van der Waals surface area contributed by atoms with Crippen molar-refractivity contribution in [1.29, 1.82) is 0 Å². The number of hydrogen-bond acceptors (Lipinski definition) is 3. The fourth-order valence-electron chi connectivity index (χ4n) is 2.15. The molecule has 3 aromatic rings. The van der Waals surface area contributed by atoms with E-state index in [0.717, 1.165) is 11.9 Å². The maximum absolute atomic E-state index is 13.7. The van der Waals surface area contributed by atoms with E-state index in [2.05, 4.69) is 15.2 Å². The molecule has 104 valence electrons. The maximum Gasteiger partial charge on any atom is 0.178 e. The molecule has 0 fully saturated rings. The van der Waals surface area contributed by atoms with Crippen LogP contribution in [-0.4, -0.2) is 24.3 Å². The molecule has 20 heavy (non-hydrogen) atoms. The molecule has 1 aromatic carbocycles. The van der Waals surface area contributed by atoms with Crippen LogP contribution in [0.2, 0.25) is 0 Å². The lowest BCUT2D eigenvalue weighted by Gasteiger charge is -2.04. The highest BCUT2D eigenvalue weighted by atomic mass is 32.1. The number of fused-ring (bicyclic) bond motifs is 1. The van der Waals surface area contributed by atoms with Gasteiger partial charge in [-0.05, 0) is 18.3 Å². The Morgan fingerprint density at radius 2 is 2.15 bits per heavy atom. The van der Waals surface area contributed by atoms with Crippen LogP contribution in [0.15, 0.2) is 18.5 Å². The minimum Gasteiger partial charge on any atom is -0.328 e. The summed E-state index contributed by atoms with van der Waals surface area (Å²) >= 11 is 5.16. The number of hydrogen-bond donors (Lipinski definition) is 1. The van der Waals surface area contributed by atoms with Gasteiger partial charge in [0, 0.05) is 26.1 Å². The number of H-pyrrole nitrogens is 1. The van der Waals surface area contributed by atoms with Crippen molar-refractivity contribution in [3.05, 3.63) is 40.7 Å². The molecule has 0 spiro atoms. The van der Waals surface area contributed by atoms with Gasteiger partial charge in [-0.3, -0.25) is 0 Å². The molecule has 0 bridgehead atoms. The Balaban J connectivity index is 2.01. The number of aromatic nitrogens is 5. The van der Waals surface area contributed by atoms with Gasteiger partial charge in [0.25, 0.3) is 0 Å². The van der Waals surface area contributed by atoms with E-state index in [1.165, 1.54) is 6.07 Å². The Morgan fingerprint density at radius 3 is 2.85 bits per heavy atom. The molecule has 2 aromatic heterocycles. The van der Waals surface area contributed by atoms with E-state index in [9.17, 15) is 8.78 Å². The number of aryl methyl sites for hydroxylation is 3. The Kier molecular flexibility index (Phi) is 3.09. The first-order valence-corrected chi connectivity index (χ1v) is 6.37. The largest absolute Gasteiger partial charge is 0.328 e. The van der Waals surface area contributed by atoms with Gasteiger partial charge >= 0.3 is 0 Å². The highest BCUT2D eigenvalue weighted by Gasteiger charge is 2.11. The van der Waals surface area contributed by atoms with Crippen LogP contribution in [0.25, 0.3) is 11.0 Å². The Bertz CT molecular complexity index is 832. The lowest BCUT2D eigenvalue weighted by atomic mass is 10.3. The van der Waals surface area contributed by atoms with Gasteiger partial charge in [-0.25, -0.2) is 8.78 Å².